The molecule has 140 valence electrons. The lowest BCUT2D eigenvalue weighted by atomic mass is 9.99. The molecule has 0 saturated heterocycles. The molecule has 27 heavy (non-hydrogen) atoms. The summed E-state index contributed by atoms with van der Waals surface area (Å²) in [5.74, 6) is -0.300. The molecule has 1 heterocycles. The van der Waals surface area contributed by atoms with Crippen molar-refractivity contribution >= 4 is 29.0 Å². The second kappa shape index (κ2) is 7.37. The summed E-state index contributed by atoms with van der Waals surface area (Å²) >= 11 is 11.6. The highest BCUT2D eigenvalue weighted by molar-refractivity contribution is 6.31. The lowest BCUT2D eigenvalue weighted by Gasteiger charge is -2.10. The van der Waals surface area contributed by atoms with E-state index in [0.717, 1.165) is 17.7 Å². The van der Waals surface area contributed by atoms with Crippen LogP contribution in [0.1, 0.15) is 34.0 Å². The Kier molecular flexibility index (Phi) is 5.31. The highest BCUT2D eigenvalue weighted by Gasteiger charge is 2.33. The number of nitrogens with zero attached hydrogens (tertiary/aromatic N) is 2. The van der Waals surface area contributed by atoms with E-state index in [1.807, 2.05) is 6.92 Å². The Morgan fingerprint density at radius 1 is 1.15 bits per heavy atom. The van der Waals surface area contributed by atoms with Gasteiger partial charge >= 0.3 is 6.18 Å². The summed E-state index contributed by atoms with van der Waals surface area (Å²) < 4.78 is 40.3. The van der Waals surface area contributed by atoms with Crippen LogP contribution in [-0.4, -0.2) is 15.6 Å². The summed E-state index contributed by atoms with van der Waals surface area (Å²) in [7, 11) is 0. The van der Waals surface area contributed by atoms with Gasteiger partial charge in [0.05, 0.1) is 28.0 Å². The van der Waals surface area contributed by atoms with E-state index in [2.05, 4.69) is 5.10 Å². The van der Waals surface area contributed by atoms with Crippen molar-refractivity contribution in [2.45, 2.75) is 19.5 Å². The molecule has 8 heteroatoms. The summed E-state index contributed by atoms with van der Waals surface area (Å²) in [6.45, 7) is 1.91. The van der Waals surface area contributed by atoms with Gasteiger partial charge < -0.3 is 0 Å². The molecule has 0 radical (unpaired) electrons. The van der Waals surface area contributed by atoms with Gasteiger partial charge in [0.15, 0.2) is 5.78 Å². The van der Waals surface area contributed by atoms with Gasteiger partial charge in [-0.05, 0) is 42.3 Å². The second-order valence-corrected chi connectivity index (χ2v) is 6.66. The van der Waals surface area contributed by atoms with Crippen LogP contribution in [-0.2, 0) is 12.6 Å². The lowest BCUT2D eigenvalue weighted by molar-refractivity contribution is -0.137. The van der Waals surface area contributed by atoms with Crippen LogP contribution in [0.2, 0.25) is 10.0 Å². The normalized spacial score (nSPS) is 11.6. The molecule has 0 bridgehead atoms. The number of hydrogen-bond donors (Lipinski definition) is 0. The van der Waals surface area contributed by atoms with E-state index in [0.29, 0.717) is 17.0 Å². The van der Waals surface area contributed by atoms with E-state index in [1.54, 1.807) is 18.2 Å². The molecular weight excluding hydrogens is 400 g/mol. The van der Waals surface area contributed by atoms with E-state index in [1.165, 1.54) is 23.1 Å². The van der Waals surface area contributed by atoms with Gasteiger partial charge in [0, 0.05) is 16.8 Å². The Morgan fingerprint density at radius 3 is 2.56 bits per heavy atom. The maximum atomic E-state index is 13.0. The zero-order valence-electron chi connectivity index (χ0n) is 14.0. The quantitative estimate of drug-likeness (QED) is 0.493. The van der Waals surface area contributed by atoms with E-state index in [9.17, 15) is 18.0 Å². The predicted octanol–water partition coefficient (Wildman–Crippen LogP) is 5.99. The van der Waals surface area contributed by atoms with Crippen molar-refractivity contribution in [1.29, 1.82) is 0 Å². The van der Waals surface area contributed by atoms with Gasteiger partial charge in [0.25, 0.3) is 0 Å². The van der Waals surface area contributed by atoms with E-state index < -0.39 is 16.8 Å². The first-order valence-electron chi connectivity index (χ1n) is 7.95. The third-order valence-corrected chi connectivity index (χ3v) is 4.63. The van der Waals surface area contributed by atoms with E-state index in [-0.39, 0.29) is 17.0 Å². The first-order valence-corrected chi connectivity index (χ1v) is 8.71. The zero-order chi connectivity index (χ0) is 19.8. The second-order valence-electron chi connectivity index (χ2n) is 5.82. The van der Waals surface area contributed by atoms with Crippen LogP contribution in [0.4, 0.5) is 13.2 Å². The molecule has 0 spiro atoms. The highest BCUT2D eigenvalue weighted by atomic mass is 35.5. The van der Waals surface area contributed by atoms with E-state index >= 15 is 0 Å². The first kappa shape index (κ1) is 19.5. The molecule has 0 unspecified atom stereocenters. The number of alkyl halides is 3. The predicted molar refractivity (Wildman–Crippen MR) is 97.8 cm³/mol. The number of aryl methyl sites for hydroxylation is 1. The van der Waals surface area contributed by atoms with Gasteiger partial charge in [-0.15, -0.1) is 0 Å². The maximum Gasteiger partial charge on any atom is 0.417 e. The number of ketones is 1. The highest BCUT2D eigenvalue weighted by Crippen LogP contribution is 2.35. The molecule has 1 aromatic heterocycles. The number of hydrogen-bond acceptors (Lipinski definition) is 2. The topological polar surface area (TPSA) is 34.9 Å². The lowest BCUT2D eigenvalue weighted by Crippen LogP contribution is -2.07. The monoisotopic (exact) mass is 412 g/mol. The van der Waals surface area contributed by atoms with Gasteiger partial charge in [0.1, 0.15) is 0 Å². The minimum absolute atomic E-state index is 0.146. The van der Waals surface area contributed by atoms with Crippen molar-refractivity contribution in [3.8, 4) is 5.69 Å². The summed E-state index contributed by atoms with van der Waals surface area (Å²) in [5.41, 5.74) is 0.691. The molecule has 0 aliphatic carbocycles. The summed E-state index contributed by atoms with van der Waals surface area (Å²) in [4.78, 5) is 12.8. The molecule has 0 aliphatic rings. The van der Waals surface area contributed by atoms with Crippen molar-refractivity contribution < 1.29 is 18.0 Å². The number of aromatic nitrogens is 2. The van der Waals surface area contributed by atoms with Gasteiger partial charge in [0.2, 0.25) is 0 Å². The van der Waals surface area contributed by atoms with Crippen LogP contribution in [0.15, 0.2) is 48.8 Å². The van der Waals surface area contributed by atoms with Crippen LogP contribution >= 0.6 is 23.2 Å². The molecule has 2 aromatic carbocycles. The van der Waals surface area contributed by atoms with Crippen molar-refractivity contribution in [2.24, 2.45) is 0 Å². The molecule has 0 saturated carbocycles. The van der Waals surface area contributed by atoms with Crippen molar-refractivity contribution in [3.63, 3.8) is 0 Å². The van der Waals surface area contributed by atoms with Gasteiger partial charge in [-0.3, -0.25) is 4.79 Å². The molecule has 0 aliphatic heterocycles. The first-order chi connectivity index (χ1) is 12.7. The summed E-state index contributed by atoms with van der Waals surface area (Å²) in [6.07, 6.45) is -1.26. The average molecular weight is 413 g/mol. The van der Waals surface area contributed by atoms with Gasteiger partial charge in [-0.2, -0.15) is 18.3 Å². The van der Waals surface area contributed by atoms with Crippen LogP contribution < -0.4 is 0 Å². The van der Waals surface area contributed by atoms with Gasteiger partial charge in [-0.1, -0.05) is 36.2 Å². The minimum Gasteiger partial charge on any atom is -0.288 e. The van der Waals surface area contributed by atoms with Crippen LogP contribution in [0.5, 0.6) is 0 Å². The fourth-order valence-corrected chi connectivity index (χ4v) is 3.07. The van der Waals surface area contributed by atoms with Crippen LogP contribution in [0.3, 0.4) is 0 Å². The Balaban J connectivity index is 1.99. The van der Waals surface area contributed by atoms with E-state index in [4.69, 9.17) is 23.2 Å². The molecule has 0 amide bonds. The largest absolute Gasteiger partial charge is 0.417 e. The molecule has 3 nitrogen and oxygen atoms in total. The maximum absolute atomic E-state index is 13.0. The molecule has 0 atom stereocenters. The zero-order valence-corrected chi connectivity index (χ0v) is 15.5. The number of rotatable bonds is 4. The van der Waals surface area contributed by atoms with Crippen LogP contribution in [0.25, 0.3) is 5.69 Å². The van der Waals surface area contributed by atoms with Crippen molar-refractivity contribution in [3.05, 3.63) is 81.1 Å². The Labute approximate surface area is 163 Å². The van der Waals surface area contributed by atoms with Crippen molar-refractivity contribution in [2.75, 3.05) is 0 Å². The standard InChI is InChI=1S/C19H13Cl2F3N2O/c1-2-11-3-4-13(20)7-15(11)18(27)12-9-25-26(10-12)14-5-6-17(21)16(8-14)19(22,23)24/h3-10H,2H2,1H3. The molecule has 3 rings (SSSR count). The minimum atomic E-state index is -4.59. The third kappa shape index (κ3) is 4.01. The third-order valence-electron chi connectivity index (χ3n) is 4.06. The molecule has 0 fully saturated rings. The van der Waals surface area contributed by atoms with Gasteiger partial charge in [-0.25, -0.2) is 4.68 Å². The summed E-state index contributed by atoms with van der Waals surface area (Å²) in [5, 5.41) is 4.04. The van der Waals surface area contributed by atoms with Crippen LogP contribution in [0, 0.1) is 0 Å². The Morgan fingerprint density at radius 2 is 1.89 bits per heavy atom. The fraction of sp³-hybridized carbons (Fsp3) is 0.158. The fourth-order valence-electron chi connectivity index (χ4n) is 2.68. The molecule has 3 aromatic rings. The number of carbonyl (C=O) groups excluding carboxylic acids is 1. The Hall–Kier alpha value is -2.31. The SMILES string of the molecule is CCc1ccc(Cl)cc1C(=O)c1cnn(-c2ccc(Cl)c(C(F)(F)F)c2)c1. The average Bonchev–Trinajstić information content (AvgIpc) is 3.10. The van der Waals surface area contributed by atoms with Crippen molar-refractivity contribution in [1.82, 2.24) is 9.78 Å². The smallest absolute Gasteiger partial charge is 0.288 e. The summed E-state index contributed by atoms with van der Waals surface area (Å²) in [6, 6.07) is 8.48. The molecule has 0 N–H and O–H groups in total. The number of halogens is 5. The number of carbonyl (C=O) groups is 1. The Bertz CT molecular complexity index is 1010. The molecular formula is C19H13Cl2F3N2O. The number of benzene rings is 2.